The summed E-state index contributed by atoms with van der Waals surface area (Å²) in [5, 5.41) is 2.68. The van der Waals surface area contributed by atoms with E-state index < -0.39 is 11.9 Å². The number of esters is 1. The van der Waals surface area contributed by atoms with Crippen LogP contribution in [0.1, 0.15) is 13.3 Å². The maximum absolute atomic E-state index is 11.8. The van der Waals surface area contributed by atoms with Crippen molar-refractivity contribution in [3.05, 3.63) is 28.7 Å². The molecule has 4 nitrogen and oxygen atoms in total. The van der Waals surface area contributed by atoms with Gasteiger partial charge in [-0.1, -0.05) is 28.9 Å². The average Bonchev–Trinajstić information content (AvgIpc) is 2.29. The van der Waals surface area contributed by atoms with Crippen LogP contribution in [0.5, 0.6) is 0 Å². The van der Waals surface area contributed by atoms with Crippen molar-refractivity contribution in [2.24, 2.45) is 5.92 Å². The molecule has 0 saturated carbocycles. The Labute approximate surface area is 108 Å². The minimum Gasteiger partial charge on any atom is -0.468 e. The lowest BCUT2D eigenvalue weighted by atomic mass is 10.1. The van der Waals surface area contributed by atoms with Crippen LogP contribution in [-0.2, 0) is 14.3 Å². The highest BCUT2D eigenvalue weighted by atomic mass is 79.9. The van der Waals surface area contributed by atoms with E-state index in [1.807, 2.05) is 6.07 Å². The quantitative estimate of drug-likeness (QED) is 0.687. The van der Waals surface area contributed by atoms with Gasteiger partial charge in [0.15, 0.2) is 0 Å². The number of benzene rings is 1. The summed E-state index contributed by atoms with van der Waals surface area (Å²) in [5.74, 6) is -1.63. The van der Waals surface area contributed by atoms with Gasteiger partial charge >= 0.3 is 5.97 Å². The minimum absolute atomic E-state index is 0.350. The van der Waals surface area contributed by atoms with Gasteiger partial charge in [0, 0.05) is 10.2 Å². The minimum atomic E-state index is -0.765. The van der Waals surface area contributed by atoms with Crippen molar-refractivity contribution < 1.29 is 14.3 Å². The molecule has 1 N–H and O–H groups in total. The van der Waals surface area contributed by atoms with Crippen LogP contribution in [0.15, 0.2) is 28.7 Å². The number of anilines is 1. The van der Waals surface area contributed by atoms with Gasteiger partial charge in [-0.05, 0) is 24.6 Å². The van der Waals surface area contributed by atoms with Gasteiger partial charge in [0.25, 0.3) is 0 Å². The second kappa shape index (κ2) is 6.39. The molecule has 1 aromatic rings. The molecule has 17 heavy (non-hydrogen) atoms. The summed E-state index contributed by atoms with van der Waals surface area (Å²) in [6.07, 6.45) is 0.409. The molecule has 0 bridgehead atoms. The smallest absolute Gasteiger partial charge is 0.318 e. The molecule has 0 aromatic heterocycles. The van der Waals surface area contributed by atoms with Crippen LogP contribution in [-0.4, -0.2) is 19.0 Å². The van der Waals surface area contributed by atoms with E-state index in [1.165, 1.54) is 7.11 Å². The summed E-state index contributed by atoms with van der Waals surface area (Å²) in [7, 11) is 1.28. The molecule has 0 fully saturated rings. The molecule has 1 atom stereocenters. The standard InChI is InChI=1S/C12H14BrNO3/c1-3-10(12(16)17-2)11(15)14-9-6-4-5-8(13)7-9/h4-7,10H,3H2,1-2H3,(H,14,15). The Morgan fingerprint density at radius 2 is 2.18 bits per heavy atom. The van der Waals surface area contributed by atoms with Gasteiger partial charge in [0.1, 0.15) is 5.92 Å². The molecule has 1 unspecified atom stereocenters. The lowest BCUT2D eigenvalue weighted by molar-refractivity contribution is -0.148. The molecule has 1 rings (SSSR count). The Hall–Kier alpha value is -1.36. The van der Waals surface area contributed by atoms with Crippen LogP contribution in [0.2, 0.25) is 0 Å². The fourth-order valence-corrected chi connectivity index (χ4v) is 1.80. The summed E-state index contributed by atoms with van der Waals surface area (Å²) in [6.45, 7) is 1.77. The molecule has 0 radical (unpaired) electrons. The first-order valence-electron chi connectivity index (χ1n) is 5.22. The van der Waals surface area contributed by atoms with Crippen LogP contribution in [0.25, 0.3) is 0 Å². The third-order valence-electron chi connectivity index (χ3n) is 2.30. The predicted octanol–water partition coefficient (Wildman–Crippen LogP) is 2.59. The van der Waals surface area contributed by atoms with Gasteiger partial charge in [0.05, 0.1) is 7.11 Å². The molecular formula is C12H14BrNO3. The molecule has 0 aliphatic rings. The number of hydrogen-bond acceptors (Lipinski definition) is 3. The molecule has 92 valence electrons. The van der Waals surface area contributed by atoms with Gasteiger partial charge in [-0.2, -0.15) is 0 Å². The number of halogens is 1. The van der Waals surface area contributed by atoms with Gasteiger partial charge in [-0.25, -0.2) is 0 Å². The summed E-state index contributed by atoms with van der Waals surface area (Å²) in [4.78, 5) is 23.2. The molecule has 0 saturated heterocycles. The van der Waals surface area contributed by atoms with Gasteiger partial charge in [-0.15, -0.1) is 0 Å². The number of ether oxygens (including phenoxy) is 1. The number of carbonyl (C=O) groups excluding carboxylic acids is 2. The molecule has 1 amide bonds. The third kappa shape index (κ3) is 3.85. The van der Waals surface area contributed by atoms with E-state index in [1.54, 1.807) is 25.1 Å². The summed E-state index contributed by atoms with van der Waals surface area (Å²) >= 11 is 3.31. The highest BCUT2D eigenvalue weighted by Gasteiger charge is 2.25. The van der Waals surface area contributed by atoms with E-state index in [9.17, 15) is 9.59 Å². The third-order valence-corrected chi connectivity index (χ3v) is 2.80. The van der Waals surface area contributed by atoms with E-state index in [-0.39, 0.29) is 5.91 Å². The monoisotopic (exact) mass is 299 g/mol. The molecule has 1 aromatic carbocycles. The topological polar surface area (TPSA) is 55.4 Å². The molecule has 0 spiro atoms. The largest absolute Gasteiger partial charge is 0.468 e. The van der Waals surface area contributed by atoms with Crippen LogP contribution >= 0.6 is 15.9 Å². The highest BCUT2D eigenvalue weighted by molar-refractivity contribution is 9.10. The number of hydrogen-bond donors (Lipinski definition) is 1. The maximum Gasteiger partial charge on any atom is 0.318 e. The second-order valence-corrected chi connectivity index (χ2v) is 4.40. The van der Waals surface area contributed by atoms with E-state index in [4.69, 9.17) is 0 Å². The van der Waals surface area contributed by atoms with E-state index >= 15 is 0 Å². The lowest BCUT2D eigenvalue weighted by Crippen LogP contribution is -2.30. The summed E-state index contributed by atoms with van der Waals surface area (Å²) < 4.78 is 5.44. The van der Waals surface area contributed by atoms with Crippen LogP contribution in [0.4, 0.5) is 5.69 Å². The molecular weight excluding hydrogens is 286 g/mol. The van der Waals surface area contributed by atoms with Gasteiger partial charge < -0.3 is 10.1 Å². The Kier molecular flexibility index (Phi) is 5.15. The van der Waals surface area contributed by atoms with Crippen LogP contribution < -0.4 is 5.32 Å². The van der Waals surface area contributed by atoms with Crippen molar-refractivity contribution in [2.45, 2.75) is 13.3 Å². The Morgan fingerprint density at radius 1 is 1.47 bits per heavy atom. The maximum atomic E-state index is 11.8. The van der Waals surface area contributed by atoms with Crippen LogP contribution in [0, 0.1) is 5.92 Å². The zero-order chi connectivity index (χ0) is 12.8. The lowest BCUT2D eigenvalue weighted by Gasteiger charge is -2.12. The van der Waals surface area contributed by atoms with Crippen molar-refractivity contribution in [1.29, 1.82) is 0 Å². The number of amides is 1. The first-order valence-corrected chi connectivity index (χ1v) is 6.02. The van der Waals surface area contributed by atoms with Crippen LogP contribution in [0.3, 0.4) is 0 Å². The molecule has 0 aliphatic carbocycles. The Balaban J connectivity index is 2.74. The SMILES string of the molecule is CCC(C(=O)Nc1cccc(Br)c1)C(=O)OC. The zero-order valence-electron chi connectivity index (χ0n) is 9.70. The zero-order valence-corrected chi connectivity index (χ0v) is 11.3. The fraction of sp³-hybridized carbons (Fsp3) is 0.333. The van der Waals surface area contributed by atoms with Crippen molar-refractivity contribution in [2.75, 3.05) is 12.4 Å². The van der Waals surface area contributed by atoms with Gasteiger partial charge in [-0.3, -0.25) is 9.59 Å². The van der Waals surface area contributed by atoms with Crippen molar-refractivity contribution >= 4 is 33.5 Å². The van der Waals surface area contributed by atoms with E-state index in [0.29, 0.717) is 12.1 Å². The fourth-order valence-electron chi connectivity index (χ4n) is 1.40. The second-order valence-electron chi connectivity index (χ2n) is 3.48. The highest BCUT2D eigenvalue weighted by Crippen LogP contribution is 2.17. The molecule has 0 heterocycles. The van der Waals surface area contributed by atoms with Crippen molar-refractivity contribution in [1.82, 2.24) is 0 Å². The van der Waals surface area contributed by atoms with E-state index in [0.717, 1.165) is 4.47 Å². The number of rotatable bonds is 4. The average molecular weight is 300 g/mol. The Morgan fingerprint density at radius 3 is 2.71 bits per heavy atom. The Bertz CT molecular complexity index is 420. The molecule has 0 aliphatic heterocycles. The molecule has 5 heteroatoms. The predicted molar refractivity (Wildman–Crippen MR) is 68.6 cm³/mol. The number of methoxy groups -OCH3 is 1. The summed E-state index contributed by atoms with van der Waals surface area (Å²) in [5.41, 5.74) is 0.645. The normalized spacial score (nSPS) is 11.7. The van der Waals surface area contributed by atoms with E-state index in [2.05, 4.69) is 26.0 Å². The number of carbonyl (C=O) groups is 2. The van der Waals surface area contributed by atoms with Gasteiger partial charge in [0.2, 0.25) is 5.91 Å². The first kappa shape index (κ1) is 13.7. The number of nitrogens with one attached hydrogen (secondary N) is 1. The first-order chi connectivity index (χ1) is 8.08. The summed E-state index contributed by atoms with van der Waals surface area (Å²) in [6, 6.07) is 7.18. The van der Waals surface area contributed by atoms with Crippen molar-refractivity contribution in [3.63, 3.8) is 0 Å². The van der Waals surface area contributed by atoms with Crippen molar-refractivity contribution in [3.8, 4) is 0 Å².